The predicted molar refractivity (Wildman–Crippen MR) is 92.4 cm³/mol. The highest BCUT2D eigenvalue weighted by atomic mass is 35.5. The van der Waals surface area contributed by atoms with Crippen LogP contribution in [0.25, 0.3) is 11.3 Å². The number of aromatic nitrogens is 2. The van der Waals surface area contributed by atoms with Gasteiger partial charge in [-0.25, -0.2) is 13.4 Å². The third-order valence-corrected chi connectivity index (χ3v) is 5.96. The molecule has 0 aliphatic carbocycles. The van der Waals surface area contributed by atoms with Crippen LogP contribution in [-0.2, 0) is 22.6 Å². The number of halogens is 1. The first kappa shape index (κ1) is 17.7. The largest absolute Gasteiger partial charge is 0.318 e. The third-order valence-electron chi connectivity index (χ3n) is 3.60. The fourth-order valence-electron chi connectivity index (χ4n) is 2.20. The molecule has 0 aliphatic heterocycles. The summed E-state index contributed by atoms with van der Waals surface area (Å²) in [4.78, 5) is 16.0. The predicted octanol–water partition coefficient (Wildman–Crippen LogP) is 2.73. The van der Waals surface area contributed by atoms with Gasteiger partial charge in [-0.15, -0.1) is 0 Å². The molecule has 0 radical (unpaired) electrons. The van der Waals surface area contributed by atoms with Crippen LogP contribution in [0.2, 0.25) is 5.15 Å². The van der Waals surface area contributed by atoms with Gasteiger partial charge < -0.3 is 4.57 Å². The molecule has 2 rings (SSSR count). The van der Waals surface area contributed by atoms with E-state index < -0.39 is 15.1 Å². The summed E-state index contributed by atoms with van der Waals surface area (Å²) in [6, 6.07) is 4.98. The molecule has 7 heteroatoms. The van der Waals surface area contributed by atoms with Gasteiger partial charge in [0.1, 0.15) is 5.15 Å². The van der Waals surface area contributed by atoms with Crippen molar-refractivity contribution in [3.05, 3.63) is 51.0 Å². The summed E-state index contributed by atoms with van der Waals surface area (Å²) >= 11 is 6.04. The Morgan fingerprint density at radius 1 is 1.26 bits per heavy atom. The van der Waals surface area contributed by atoms with Crippen molar-refractivity contribution in [3.63, 3.8) is 0 Å². The van der Waals surface area contributed by atoms with Crippen molar-refractivity contribution in [2.45, 2.75) is 31.8 Å². The molecular formula is C16H19ClN2O3S. The van der Waals surface area contributed by atoms with Crippen LogP contribution in [0.3, 0.4) is 0 Å². The van der Waals surface area contributed by atoms with E-state index in [4.69, 9.17) is 11.6 Å². The van der Waals surface area contributed by atoms with Crippen LogP contribution in [0.5, 0.6) is 0 Å². The number of rotatable bonds is 4. The zero-order chi connectivity index (χ0) is 17.4. The Labute approximate surface area is 140 Å². The molecule has 0 amide bonds. The van der Waals surface area contributed by atoms with Crippen LogP contribution in [0.1, 0.15) is 25.0 Å². The lowest BCUT2D eigenvalue weighted by Gasteiger charge is -2.11. The molecule has 0 saturated heterocycles. The van der Waals surface area contributed by atoms with Crippen LogP contribution in [0.4, 0.5) is 0 Å². The molecular weight excluding hydrogens is 336 g/mol. The molecule has 0 spiro atoms. The van der Waals surface area contributed by atoms with Crippen molar-refractivity contribution in [1.82, 2.24) is 9.55 Å². The summed E-state index contributed by atoms with van der Waals surface area (Å²) in [6.45, 7) is 5.02. The Morgan fingerprint density at radius 2 is 1.91 bits per heavy atom. The maximum absolute atomic E-state index is 12.1. The lowest BCUT2D eigenvalue weighted by atomic mass is 10.1. The minimum atomic E-state index is -3.23. The van der Waals surface area contributed by atoms with Gasteiger partial charge in [-0.1, -0.05) is 11.6 Å². The van der Waals surface area contributed by atoms with E-state index in [1.165, 1.54) is 4.57 Å². The first-order valence-electron chi connectivity index (χ1n) is 7.16. The smallest absolute Gasteiger partial charge is 0.253 e. The van der Waals surface area contributed by atoms with E-state index in [0.717, 1.165) is 5.56 Å². The molecule has 0 fully saturated rings. The van der Waals surface area contributed by atoms with Gasteiger partial charge >= 0.3 is 0 Å². The SMILES string of the molecule is Cc1cc(-c2cc(CS(=O)(=O)C(C)C)cc(Cl)n2)cn(C)c1=O. The van der Waals surface area contributed by atoms with Crippen LogP contribution < -0.4 is 5.56 Å². The number of hydrogen-bond acceptors (Lipinski definition) is 4. The molecule has 0 saturated carbocycles. The second-order valence-corrected chi connectivity index (χ2v) is 8.81. The Morgan fingerprint density at radius 3 is 2.48 bits per heavy atom. The molecule has 0 aromatic carbocycles. The molecule has 5 nitrogen and oxygen atoms in total. The Hall–Kier alpha value is -1.66. The quantitative estimate of drug-likeness (QED) is 0.791. The summed E-state index contributed by atoms with van der Waals surface area (Å²) in [7, 11) is -1.57. The second-order valence-electron chi connectivity index (χ2n) is 5.87. The third kappa shape index (κ3) is 4.00. The topological polar surface area (TPSA) is 69.0 Å². The van der Waals surface area contributed by atoms with Crippen molar-refractivity contribution in [1.29, 1.82) is 0 Å². The molecule has 0 atom stereocenters. The van der Waals surface area contributed by atoms with Crippen molar-refractivity contribution in [2.24, 2.45) is 7.05 Å². The maximum atomic E-state index is 12.1. The summed E-state index contributed by atoms with van der Waals surface area (Å²) in [5.74, 6) is -0.0926. The van der Waals surface area contributed by atoms with Gasteiger partial charge in [0.25, 0.3) is 5.56 Å². The molecule has 0 unspecified atom stereocenters. The number of pyridine rings is 2. The highest BCUT2D eigenvalue weighted by Gasteiger charge is 2.18. The molecule has 2 aromatic rings. The van der Waals surface area contributed by atoms with E-state index in [9.17, 15) is 13.2 Å². The monoisotopic (exact) mass is 354 g/mol. The molecule has 0 bridgehead atoms. The zero-order valence-corrected chi connectivity index (χ0v) is 15.1. The minimum Gasteiger partial charge on any atom is -0.318 e. The van der Waals surface area contributed by atoms with Gasteiger partial charge in [0.2, 0.25) is 0 Å². The number of sulfone groups is 1. The van der Waals surface area contributed by atoms with E-state index in [0.29, 0.717) is 16.8 Å². The average molecular weight is 355 g/mol. The second kappa shape index (κ2) is 6.45. The molecule has 2 aromatic heterocycles. The lowest BCUT2D eigenvalue weighted by molar-refractivity contribution is 0.586. The molecule has 2 heterocycles. The van der Waals surface area contributed by atoms with E-state index in [-0.39, 0.29) is 16.5 Å². The summed E-state index contributed by atoms with van der Waals surface area (Å²) in [6.07, 6.45) is 1.66. The van der Waals surface area contributed by atoms with Gasteiger partial charge in [0.05, 0.1) is 16.7 Å². The summed E-state index contributed by atoms with van der Waals surface area (Å²) in [5, 5.41) is -0.236. The van der Waals surface area contributed by atoms with Gasteiger partial charge in [0, 0.05) is 24.4 Å². The van der Waals surface area contributed by atoms with Crippen molar-refractivity contribution in [3.8, 4) is 11.3 Å². The minimum absolute atomic E-state index is 0.0848. The number of hydrogen-bond donors (Lipinski definition) is 0. The Kier molecular flexibility index (Phi) is 4.96. The molecule has 0 aliphatic rings. The standard InChI is InChI=1S/C16H19ClN2O3S/c1-10(2)23(21,22)9-12-6-14(18-15(17)7-12)13-5-11(3)16(20)19(4)8-13/h5-8,10H,9H2,1-4H3. The van der Waals surface area contributed by atoms with Gasteiger partial charge in [-0.2, -0.15) is 0 Å². The van der Waals surface area contributed by atoms with E-state index in [2.05, 4.69) is 4.98 Å². The highest BCUT2D eigenvalue weighted by molar-refractivity contribution is 7.91. The van der Waals surface area contributed by atoms with Gasteiger partial charge in [-0.3, -0.25) is 4.79 Å². The number of aryl methyl sites for hydroxylation is 2. The van der Waals surface area contributed by atoms with E-state index in [1.807, 2.05) is 0 Å². The summed E-state index contributed by atoms with van der Waals surface area (Å²) in [5.41, 5.74) is 2.35. The van der Waals surface area contributed by atoms with Crippen molar-refractivity contribution < 1.29 is 8.42 Å². The van der Waals surface area contributed by atoms with Crippen LogP contribution in [0, 0.1) is 6.92 Å². The molecule has 23 heavy (non-hydrogen) atoms. The van der Waals surface area contributed by atoms with Crippen LogP contribution in [0.15, 0.2) is 29.2 Å². The van der Waals surface area contributed by atoms with Gasteiger partial charge in [0.15, 0.2) is 9.84 Å². The Bertz CT molecular complexity index is 876. The molecule has 0 N–H and O–H groups in total. The fraction of sp³-hybridized carbons (Fsp3) is 0.375. The average Bonchev–Trinajstić information content (AvgIpc) is 2.42. The maximum Gasteiger partial charge on any atom is 0.253 e. The number of nitrogens with zero attached hydrogens (tertiary/aromatic N) is 2. The lowest BCUT2D eigenvalue weighted by Crippen LogP contribution is -2.18. The normalized spacial score (nSPS) is 11.9. The van der Waals surface area contributed by atoms with Crippen LogP contribution in [-0.4, -0.2) is 23.2 Å². The highest BCUT2D eigenvalue weighted by Crippen LogP contribution is 2.23. The van der Waals surface area contributed by atoms with Gasteiger partial charge in [-0.05, 0) is 44.5 Å². The van der Waals surface area contributed by atoms with E-state index in [1.54, 1.807) is 52.2 Å². The fourth-order valence-corrected chi connectivity index (χ4v) is 3.39. The molecule has 124 valence electrons. The van der Waals surface area contributed by atoms with Crippen LogP contribution >= 0.6 is 11.6 Å². The first-order valence-corrected chi connectivity index (χ1v) is 9.25. The van der Waals surface area contributed by atoms with Crippen molar-refractivity contribution >= 4 is 21.4 Å². The first-order chi connectivity index (χ1) is 10.6. The summed E-state index contributed by atoms with van der Waals surface area (Å²) < 4.78 is 25.7. The van der Waals surface area contributed by atoms with Crippen molar-refractivity contribution in [2.75, 3.05) is 0 Å². The van der Waals surface area contributed by atoms with E-state index >= 15 is 0 Å². The zero-order valence-electron chi connectivity index (χ0n) is 13.5. The Balaban J connectivity index is 2.52.